The zero-order chi connectivity index (χ0) is 31.0. The van der Waals surface area contributed by atoms with Crippen LogP contribution in [0.1, 0.15) is 184 Å². The van der Waals surface area contributed by atoms with Gasteiger partial charge in [0.15, 0.2) is 0 Å². The molecule has 1 N–H and O–H groups in total. The molecular formula is C40H78O. The summed E-state index contributed by atoms with van der Waals surface area (Å²) in [5, 5.41) is 10.0. The summed E-state index contributed by atoms with van der Waals surface area (Å²) in [6.07, 6.45) is 27.5. The maximum atomic E-state index is 10.0. The van der Waals surface area contributed by atoms with Crippen molar-refractivity contribution in [2.24, 2.45) is 41.4 Å². The Labute approximate surface area is 260 Å². The van der Waals surface area contributed by atoms with Crippen LogP contribution in [0.2, 0.25) is 0 Å². The molecular weight excluding hydrogens is 496 g/mol. The summed E-state index contributed by atoms with van der Waals surface area (Å²) in [7, 11) is 0. The molecule has 0 aliphatic carbocycles. The van der Waals surface area contributed by atoms with Gasteiger partial charge >= 0.3 is 0 Å². The number of aliphatic hydroxyl groups excluding tert-OH is 1. The lowest BCUT2D eigenvalue weighted by atomic mass is 9.89. The maximum absolute atomic E-state index is 10.0. The van der Waals surface area contributed by atoms with Crippen molar-refractivity contribution in [3.05, 3.63) is 23.8 Å². The van der Waals surface area contributed by atoms with Crippen LogP contribution >= 0.6 is 0 Å². The minimum absolute atomic E-state index is 0.230. The summed E-state index contributed by atoms with van der Waals surface area (Å²) in [4.78, 5) is 0. The van der Waals surface area contributed by atoms with Gasteiger partial charge in [-0.2, -0.15) is 0 Å². The summed E-state index contributed by atoms with van der Waals surface area (Å²) in [6, 6.07) is 0. The fourth-order valence-electron chi connectivity index (χ4n) is 6.38. The molecule has 0 rings (SSSR count). The highest BCUT2D eigenvalue weighted by Gasteiger charge is 2.12. The molecule has 0 spiro atoms. The van der Waals surface area contributed by atoms with E-state index in [0.717, 1.165) is 48.3 Å². The number of hydrogen-bond donors (Lipinski definition) is 1. The van der Waals surface area contributed by atoms with Crippen molar-refractivity contribution < 1.29 is 5.11 Å². The van der Waals surface area contributed by atoms with Crippen LogP contribution in [0, 0.1) is 41.4 Å². The summed E-state index contributed by atoms with van der Waals surface area (Å²) in [5.41, 5.74) is 2.75. The van der Waals surface area contributed by atoms with Crippen molar-refractivity contribution >= 4 is 0 Å². The second-order valence-electron chi connectivity index (χ2n) is 15.5. The van der Waals surface area contributed by atoms with Gasteiger partial charge in [-0.15, -0.1) is 0 Å². The van der Waals surface area contributed by atoms with E-state index in [-0.39, 0.29) is 12.5 Å². The highest BCUT2D eigenvalue weighted by atomic mass is 16.3. The Morgan fingerprint density at radius 3 is 1.24 bits per heavy atom. The van der Waals surface area contributed by atoms with E-state index in [1.54, 1.807) is 0 Å². The molecule has 0 amide bonds. The van der Waals surface area contributed by atoms with Crippen LogP contribution in [0.3, 0.4) is 0 Å². The minimum atomic E-state index is 0.230. The molecule has 0 saturated heterocycles. The molecule has 0 heterocycles. The number of allylic oxidation sites excluding steroid dienone is 2. The average molecular weight is 575 g/mol. The molecule has 1 nitrogen and oxygen atoms in total. The minimum Gasteiger partial charge on any atom is -0.396 e. The quantitative estimate of drug-likeness (QED) is 0.0921. The Hall–Kier alpha value is -0.560. The standard InChI is InChI=1S/C40H78O/c1-32(2)17-11-19-34(5)21-13-23-36(7)25-15-26-38(9)29-30-40(31-41)39(10)28-16-27-37(8)24-14-22-35(6)20-12-18-33(3)4/h29,32-37,40-41H,10-28,30-31H2,1-9H3/b38-29+/t34-,35-,36-,37+,40-/m1/s1. The first-order valence-corrected chi connectivity index (χ1v) is 18.4. The summed E-state index contributed by atoms with van der Waals surface area (Å²) < 4.78 is 0. The lowest BCUT2D eigenvalue weighted by Crippen LogP contribution is -2.09. The van der Waals surface area contributed by atoms with Crippen molar-refractivity contribution in [2.45, 2.75) is 184 Å². The first kappa shape index (κ1) is 40.4. The second-order valence-corrected chi connectivity index (χ2v) is 15.5. The van der Waals surface area contributed by atoms with E-state index in [9.17, 15) is 5.11 Å². The van der Waals surface area contributed by atoms with Gasteiger partial charge in [-0.25, -0.2) is 0 Å². The van der Waals surface area contributed by atoms with Crippen LogP contribution in [0.15, 0.2) is 23.8 Å². The van der Waals surface area contributed by atoms with Gasteiger partial charge in [-0.3, -0.25) is 0 Å². The van der Waals surface area contributed by atoms with Gasteiger partial charge in [-0.1, -0.05) is 169 Å². The van der Waals surface area contributed by atoms with E-state index in [0.29, 0.717) is 0 Å². The fourth-order valence-corrected chi connectivity index (χ4v) is 6.38. The predicted octanol–water partition coefficient (Wildman–Crippen LogP) is 13.4. The van der Waals surface area contributed by atoms with Crippen molar-refractivity contribution in [3.8, 4) is 0 Å². The second kappa shape index (κ2) is 25.9. The van der Waals surface area contributed by atoms with Crippen LogP contribution < -0.4 is 0 Å². The number of hydrogen-bond acceptors (Lipinski definition) is 1. The van der Waals surface area contributed by atoms with Gasteiger partial charge in [0.05, 0.1) is 0 Å². The van der Waals surface area contributed by atoms with Crippen LogP contribution in [-0.4, -0.2) is 11.7 Å². The van der Waals surface area contributed by atoms with Gasteiger partial charge in [0.1, 0.15) is 0 Å². The molecule has 0 aliphatic rings. The van der Waals surface area contributed by atoms with E-state index in [1.807, 2.05) is 0 Å². The molecule has 0 fully saturated rings. The zero-order valence-corrected chi connectivity index (χ0v) is 29.9. The molecule has 5 atom stereocenters. The van der Waals surface area contributed by atoms with E-state index in [1.165, 1.54) is 120 Å². The SMILES string of the molecule is C=C(CCC[C@@H](C)CCC[C@H](C)CCCC(C)C)[C@@H](CO)C/C=C(\C)CCC[C@H](C)CCC[C@H](C)CCCC(C)C. The molecule has 0 bridgehead atoms. The third-order valence-electron chi connectivity index (χ3n) is 9.76. The Balaban J connectivity index is 4.04. The van der Waals surface area contributed by atoms with E-state index < -0.39 is 0 Å². The van der Waals surface area contributed by atoms with Gasteiger partial charge in [0, 0.05) is 12.5 Å². The Kier molecular flexibility index (Phi) is 25.5. The van der Waals surface area contributed by atoms with E-state index in [4.69, 9.17) is 0 Å². The van der Waals surface area contributed by atoms with Gasteiger partial charge in [0.2, 0.25) is 0 Å². The molecule has 41 heavy (non-hydrogen) atoms. The lowest BCUT2D eigenvalue weighted by Gasteiger charge is -2.18. The van der Waals surface area contributed by atoms with E-state index in [2.05, 4.69) is 75.0 Å². The lowest BCUT2D eigenvalue weighted by molar-refractivity contribution is 0.244. The molecule has 0 aromatic rings. The summed E-state index contributed by atoms with van der Waals surface area (Å²) >= 11 is 0. The smallest absolute Gasteiger partial charge is 0.0499 e. The van der Waals surface area contributed by atoms with Crippen molar-refractivity contribution in [2.75, 3.05) is 6.61 Å². The van der Waals surface area contributed by atoms with Crippen LogP contribution in [0.4, 0.5) is 0 Å². The molecule has 0 aromatic heterocycles. The van der Waals surface area contributed by atoms with Crippen LogP contribution in [-0.2, 0) is 0 Å². The average Bonchev–Trinajstić information content (AvgIpc) is 2.88. The number of aliphatic hydroxyl groups is 1. The maximum Gasteiger partial charge on any atom is 0.0499 e. The third-order valence-corrected chi connectivity index (χ3v) is 9.76. The summed E-state index contributed by atoms with van der Waals surface area (Å²) in [6.45, 7) is 26.0. The molecule has 0 aliphatic heterocycles. The van der Waals surface area contributed by atoms with Crippen LogP contribution in [0.25, 0.3) is 0 Å². The van der Waals surface area contributed by atoms with E-state index >= 15 is 0 Å². The van der Waals surface area contributed by atoms with Crippen LogP contribution in [0.5, 0.6) is 0 Å². The molecule has 244 valence electrons. The van der Waals surface area contributed by atoms with Gasteiger partial charge in [0.25, 0.3) is 0 Å². The normalized spacial score (nSPS) is 16.2. The monoisotopic (exact) mass is 575 g/mol. The Bertz CT molecular complexity index is 629. The highest BCUT2D eigenvalue weighted by Crippen LogP contribution is 2.26. The largest absolute Gasteiger partial charge is 0.396 e. The van der Waals surface area contributed by atoms with Gasteiger partial charge < -0.3 is 5.11 Å². The van der Waals surface area contributed by atoms with Crippen molar-refractivity contribution in [1.29, 1.82) is 0 Å². The first-order valence-electron chi connectivity index (χ1n) is 18.4. The molecule has 1 heteroatoms. The predicted molar refractivity (Wildman–Crippen MR) is 188 cm³/mol. The van der Waals surface area contributed by atoms with Gasteiger partial charge in [-0.05, 0) is 74.5 Å². The zero-order valence-electron chi connectivity index (χ0n) is 29.9. The topological polar surface area (TPSA) is 20.2 Å². The highest BCUT2D eigenvalue weighted by molar-refractivity contribution is 5.06. The molecule has 0 unspecified atom stereocenters. The fraction of sp³-hybridized carbons (Fsp3) is 0.900. The molecule has 0 radical (unpaired) electrons. The number of rotatable bonds is 28. The third kappa shape index (κ3) is 25.6. The first-order chi connectivity index (χ1) is 19.4. The Morgan fingerprint density at radius 1 is 0.537 bits per heavy atom. The van der Waals surface area contributed by atoms with Crippen molar-refractivity contribution in [3.63, 3.8) is 0 Å². The van der Waals surface area contributed by atoms with Crippen molar-refractivity contribution in [1.82, 2.24) is 0 Å². The Morgan fingerprint density at radius 2 is 0.878 bits per heavy atom. The summed E-state index contributed by atoms with van der Waals surface area (Å²) in [5.74, 6) is 5.36. The molecule has 0 saturated carbocycles. The molecule has 0 aromatic carbocycles.